The van der Waals surface area contributed by atoms with Crippen LogP contribution in [-0.2, 0) is 6.54 Å². The highest BCUT2D eigenvalue weighted by Gasteiger charge is 2.17. The van der Waals surface area contributed by atoms with Crippen molar-refractivity contribution >= 4 is 28.1 Å². The summed E-state index contributed by atoms with van der Waals surface area (Å²) >= 11 is 5.97. The second-order valence-corrected chi connectivity index (χ2v) is 7.50. The molecule has 1 saturated heterocycles. The largest absolute Gasteiger partial charge is 0.295 e. The van der Waals surface area contributed by atoms with Crippen LogP contribution in [0, 0.1) is 0 Å². The van der Waals surface area contributed by atoms with Gasteiger partial charge < -0.3 is 0 Å². The second kappa shape index (κ2) is 8.12. The van der Waals surface area contributed by atoms with Gasteiger partial charge in [0.1, 0.15) is 0 Å². The fourth-order valence-electron chi connectivity index (χ4n) is 3.63. The minimum absolute atomic E-state index is 0.758. The predicted molar refractivity (Wildman–Crippen MR) is 114 cm³/mol. The van der Waals surface area contributed by atoms with Gasteiger partial charge in [-0.3, -0.25) is 9.91 Å². The van der Waals surface area contributed by atoms with E-state index in [1.165, 1.54) is 16.3 Å². The Morgan fingerprint density at radius 2 is 1.59 bits per heavy atom. The lowest BCUT2D eigenvalue weighted by Gasteiger charge is -2.33. The summed E-state index contributed by atoms with van der Waals surface area (Å²) in [5.41, 5.74) is 3.56. The van der Waals surface area contributed by atoms with E-state index in [1.807, 2.05) is 24.3 Å². The van der Waals surface area contributed by atoms with E-state index in [4.69, 9.17) is 16.7 Å². The summed E-state index contributed by atoms with van der Waals surface area (Å²) in [6.07, 6.45) is 0. The van der Waals surface area contributed by atoms with Gasteiger partial charge in [0.15, 0.2) is 0 Å². The van der Waals surface area contributed by atoms with Crippen molar-refractivity contribution in [2.24, 2.45) is 5.10 Å². The van der Waals surface area contributed by atoms with E-state index >= 15 is 0 Å². The highest BCUT2D eigenvalue weighted by molar-refractivity contribution is 6.30. The normalized spacial score (nSPS) is 16.1. The molecule has 0 amide bonds. The van der Waals surface area contributed by atoms with Crippen LogP contribution in [0.5, 0.6) is 0 Å². The number of piperazine rings is 1. The lowest BCUT2D eigenvalue weighted by Crippen LogP contribution is -2.43. The molecule has 1 aliphatic rings. The van der Waals surface area contributed by atoms with E-state index in [1.54, 1.807) is 0 Å². The zero-order chi connectivity index (χ0) is 18.6. The molecule has 4 heteroatoms. The zero-order valence-electron chi connectivity index (χ0n) is 15.6. The van der Waals surface area contributed by atoms with Crippen LogP contribution in [0.1, 0.15) is 18.1 Å². The third kappa shape index (κ3) is 4.32. The molecule has 1 fully saturated rings. The van der Waals surface area contributed by atoms with Gasteiger partial charge in [0.05, 0.1) is 5.71 Å². The maximum Gasteiger partial charge on any atom is 0.0646 e. The monoisotopic (exact) mass is 377 g/mol. The van der Waals surface area contributed by atoms with Crippen LogP contribution in [-0.4, -0.2) is 41.8 Å². The smallest absolute Gasteiger partial charge is 0.0646 e. The van der Waals surface area contributed by atoms with E-state index in [0.717, 1.165) is 49.0 Å². The van der Waals surface area contributed by atoms with Crippen LogP contribution in [0.3, 0.4) is 0 Å². The Balaban J connectivity index is 1.39. The molecular formula is C23H24ClN3. The van der Waals surface area contributed by atoms with Gasteiger partial charge >= 0.3 is 0 Å². The number of nitrogens with zero attached hydrogens (tertiary/aromatic N) is 3. The van der Waals surface area contributed by atoms with Gasteiger partial charge in [-0.25, -0.2) is 0 Å². The number of rotatable bonds is 4. The Morgan fingerprint density at radius 1 is 0.889 bits per heavy atom. The summed E-state index contributed by atoms with van der Waals surface area (Å²) in [6.45, 7) is 7.02. The SMILES string of the molecule is C/C(=N\N1CCN(Cc2cccc3ccccc23)CC1)c1ccc(Cl)cc1. The summed E-state index contributed by atoms with van der Waals surface area (Å²) in [6, 6.07) is 23.1. The first-order valence-corrected chi connectivity index (χ1v) is 9.82. The average Bonchev–Trinajstić information content (AvgIpc) is 2.70. The number of hydrogen-bond acceptors (Lipinski definition) is 3. The molecule has 0 unspecified atom stereocenters. The predicted octanol–water partition coefficient (Wildman–Crippen LogP) is 5.04. The molecule has 3 nitrogen and oxygen atoms in total. The quantitative estimate of drug-likeness (QED) is 0.593. The molecule has 3 aromatic carbocycles. The molecule has 0 saturated carbocycles. The number of benzene rings is 3. The maximum absolute atomic E-state index is 5.97. The molecule has 0 radical (unpaired) electrons. The second-order valence-electron chi connectivity index (χ2n) is 7.06. The molecular weight excluding hydrogens is 354 g/mol. The molecule has 0 aliphatic carbocycles. The van der Waals surface area contributed by atoms with Crippen LogP contribution >= 0.6 is 11.6 Å². The van der Waals surface area contributed by atoms with Crippen LogP contribution in [0.15, 0.2) is 71.8 Å². The molecule has 0 atom stereocenters. The molecule has 4 rings (SSSR count). The first kappa shape index (κ1) is 18.0. The highest BCUT2D eigenvalue weighted by atomic mass is 35.5. The van der Waals surface area contributed by atoms with Gasteiger partial charge in [-0.05, 0) is 41.0 Å². The first-order chi connectivity index (χ1) is 13.2. The average molecular weight is 378 g/mol. The van der Waals surface area contributed by atoms with Crippen LogP contribution < -0.4 is 0 Å². The minimum Gasteiger partial charge on any atom is -0.295 e. The molecule has 138 valence electrons. The summed E-state index contributed by atoms with van der Waals surface area (Å²) in [4.78, 5) is 2.52. The Bertz CT molecular complexity index is 936. The van der Waals surface area contributed by atoms with Crippen molar-refractivity contribution in [3.63, 3.8) is 0 Å². The Labute approximate surface area is 165 Å². The van der Waals surface area contributed by atoms with Gasteiger partial charge in [0.2, 0.25) is 0 Å². The number of fused-ring (bicyclic) bond motifs is 1. The van der Waals surface area contributed by atoms with Crippen LogP contribution in [0.2, 0.25) is 5.02 Å². The van der Waals surface area contributed by atoms with Crippen molar-refractivity contribution in [1.29, 1.82) is 0 Å². The van der Waals surface area contributed by atoms with Crippen LogP contribution in [0.25, 0.3) is 10.8 Å². The van der Waals surface area contributed by atoms with Crippen molar-refractivity contribution in [3.05, 3.63) is 82.9 Å². The topological polar surface area (TPSA) is 18.8 Å². The van der Waals surface area contributed by atoms with Gasteiger partial charge in [-0.15, -0.1) is 0 Å². The number of hydrogen-bond donors (Lipinski definition) is 0. The van der Waals surface area contributed by atoms with Crippen molar-refractivity contribution in [2.45, 2.75) is 13.5 Å². The zero-order valence-corrected chi connectivity index (χ0v) is 16.4. The Hall–Kier alpha value is -2.36. The van der Waals surface area contributed by atoms with Crippen molar-refractivity contribution < 1.29 is 0 Å². The molecule has 0 spiro atoms. The maximum atomic E-state index is 5.97. The van der Waals surface area contributed by atoms with E-state index in [-0.39, 0.29) is 0 Å². The summed E-state index contributed by atoms with van der Waals surface area (Å²) in [5, 5.41) is 10.4. The molecule has 0 N–H and O–H groups in total. The first-order valence-electron chi connectivity index (χ1n) is 9.44. The van der Waals surface area contributed by atoms with E-state index in [9.17, 15) is 0 Å². The number of hydrazone groups is 1. The standard InChI is InChI=1S/C23H24ClN3/c1-18(19-9-11-22(24)12-10-19)25-27-15-13-26(14-16-27)17-21-7-4-6-20-5-2-3-8-23(20)21/h2-12H,13-17H2,1H3/b25-18+. The van der Waals surface area contributed by atoms with Crippen LogP contribution in [0.4, 0.5) is 0 Å². The molecule has 1 heterocycles. The summed E-state index contributed by atoms with van der Waals surface area (Å²) in [7, 11) is 0. The Kier molecular flexibility index (Phi) is 5.42. The van der Waals surface area contributed by atoms with Crippen molar-refractivity contribution in [2.75, 3.05) is 26.2 Å². The van der Waals surface area contributed by atoms with Gasteiger partial charge in [-0.1, -0.05) is 66.2 Å². The van der Waals surface area contributed by atoms with Gasteiger partial charge in [-0.2, -0.15) is 5.10 Å². The summed E-state index contributed by atoms with van der Waals surface area (Å²) < 4.78 is 0. The lowest BCUT2D eigenvalue weighted by atomic mass is 10.0. The number of halogens is 1. The van der Waals surface area contributed by atoms with Gasteiger partial charge in [0.25, 0.3) is 0 Å². The fourth-order valence-corrected chi connectivity index (χ4v) is 3.75. The summed E-state index contributed by atoms with van der Waals surface area (Å²) in [5.74, 6) is 0. The molecule has 3 aromatic rings. The molecule has 0 bridgehead atoms. The minimum atomic E-state index is 0.758. The molecule has 0 aromatic heterocycles. The fraction of sp³-hybridized carbons (Fsp3) is 0.261. The third-order valence-corrected chi connectivity index (χ3v) is 5.43. The Morgan fingerprint density at radius 3 is 2.37 bits per heavy atom. The van der Waals surface area contributed by atoms with Crippen molar-refractivity contribution in [1.82, 2.24) is 9.91 Å². The van der Waals surface area contributed by atoms with Crippen molar-refractivity contribution in [3.8, 4) is 0 Å². The van der Waals surface area contributed by atoms with E-state index in [2.05, 4.69) is 59.3 Å². The van der Waals surface area contributed by atoms with Gasteiger partial charge in [0, 0.05) is 37.7 Å². The third-order valence-electron chi connectivity index (χ3n) is 5.18. The highest BCUT2D eigenvalue weighted by Crippen LogP contribution is 2.20. The molecule has 1 aliphatic heterocycles. The van der Waals surface area contributed by atoms with E-state index in [0.29, 0.717) is 0 Å². The van der Waals surface area contributed by atoms with E-state index < -0.39 is 0 Å². The molecule has 27 heavy (non-hydrogen) atoms. The lowest BCUT2D eigenvalue weighted by molar-refractivity contribution is 0.131.